The Morgan fingerprint density at radius 2 is 1.83 bits per heavy atom. The van der Waals surface area contributed by atoms with E-state index in [2.05, 4.69) is 11.4 Å². The summed E-state index contributed by atoms with van der Waals surface area (Å²) in [4.78, 5) is 53.4. The van der Waals surface area contributed by atoms with Gasteiger partial charge in [-0.15, -0.1) is 0 Å². The molecule has 1 aliphatic carbocycles. The van der Waals surface area contributed by atoms with Gasteiger partial charge in [0, 0.05) is 25.2 Å². The number of piperidine rings is 2. The Hall–Kier alpha value is -2.94. The van der Waals surface area contributed by atoms with E-state index in [4.69, 9.17) is 9.47 Å². The molecule has 0 aromatic heterocycles. The number of carbonyl (C=O) groups excluding carboxylic acids is 4. The van der Waals surface area contributed by atoms with Gasteiger partial charge in [0.15, 0.2) is 0 Å². The van der Waals surface area contributed by atoms with Gasteiger partial charge in [-0.05, 0) is 76.1 Å². The lowest BCUT2D eigenvalue weighted by molar-refractivity contribution is -0.135. The molecule has 2 spiro atoms. The third-order valence-corrected chi connectivity index (χ3v) is 8.03. The average molecular weight is 482 g/mol. The zero-order chi connectivity index (χ0) is 24.8. The van der Waals surface area contributed by atoms with E-state index in [1.165, 1.54) is 0 Å². The predicted molar refractivity (Wildman–Crippen MR) is 125 cm³/mol. The molecule has 3 saturated heterocycles. The minimum atomic E-state index is -0.648. The van der Waals surface area contributed by atoms with Crippen LogP contribution in [0.1, 0.15) is 76.5 Å². The van der Waals surface area contributed by atoms with Crippen molar-refractivity contribution in [2.75, 3.05) is 18.0 Å². The molecular weight excluding hydrogens is 450 g/mol. The Morgan fingerprint density at radius 1 is 1.11 bits per heavy atom. The quantitative estimate of drug-likeness (QED) is 0.514. The number of fused-ring (bicyclic) bond motifs is 2. The third-order valence-electron chi connectivity index (χ3n) is 8.03. The first-order chi connectivity index (χ1) is 16.5. The fourth-order valence-corrected chi connectivity index (χ4v) is 5.96. The highest BCUT2D eigenvalue weighted by Gasteiger charge is 2.63. The number of benzene rings is 1. The smallest absolute Gasteiger partial charge is 0.410 e. The number of nitrogens with one attached hydrogen (secondary N) is 1. The summed E-state index contributed by atoms with van der Waals surface area (Å²) in [5, 5.41) is 2.38. The number of ether oxygens (including phenoxy) is 2. The average Bonchev–Trinajstić information content (AvgIpc) is 3.70. The zero-order valence-corrected chi connectivity index (χ0v) is 20.4. The highest BCUT2D eigenvalue weighted by Crippen LogP contribution is 2.61. The molecule has 186 valence electrons. The van der Waals surface area contributed by atoms with E-state index >= 15 is 0 Å². The van der Waals surface area contributed by atoms with E-state index in [0.717, 1.165) is 42.5 Å². The van der Waals surface area contributed by atoms with E-state index < -0.39 is 23.0 Å². The molecule has 4 fully saturated rings. The first-order valence-electron chi connectivity index (χ1n) is 12.5. The summed E-state index contributed by atoms with van der Waals surface area (Å²) in [5.74, 6) is -0.719. The third kappa shape index (κ3) is 3.54. The molecule has 1 saturated carbocycles. The van der Waals surface area contributed by atoms with E-state index in [1.807, 2.05) is 32.9 Å². The van der Waals surface area contributed by atoms with Gasteiger partial charge in [-0.1, -0.05) is 6.07 Å². The molecule has 5 aliphatic rings. The summed E-state index contributed by atoms with van der Waals surface area (Å²) in [6, 6.07) is 5.37. The Kier molecular flexibility index (Phi) is 4.69. The Labute approximate surface area is 204 Å². The summed E-state index contributed by atoms with van der Waals surface area (Å²) in [6.45, 7) is 6.76. The Morgan fingerprint density at radius 3 is 2.46 bits per heavy atom. The minimum Gasteiger partial charge on any atom is -0.444 e. The van der Waals surface area contributed by atoms with Crippen molar-refractivity contribution >= 4 is 29.5 Å². The second-order valence-electron chi connectivity index (χ2n) is 11.5. The largest absolute Gasteiger partial charge is 0.444 e. The normalized spacial score (nSPS) is 28.3. The first kappa shape index (κ1) is 22.5. The molecule has 6 rings (SSSR count). The van der Waals surface area contributed by atoms with Crippen molar-refractivity contribution in [2.24, 2.45) is 0 Å². The zero-order valence-electron chi connectivity index (χ0n) is 20.4. The molecule has 9 nitrogen and oxygen atoms in total. The molecule has 1 aromatic rings. The van der Waals surface area contributed by atoms with Crippen molar-refractivity contribution in [2.45, 2.75) is 88.1 Å². The maximum absolute atomic E-state index is 13.4. The number of hydrogen-bond donors (Lipinski definition) is 1. The number of anilines is 1. The van der Waals surface area contributed by atoms with Crippen LogP contribution in [0.25, 0.3) is 0 Å². The molecule has 35 heavy (non-hydrogen) atoms. The van der Waals surface area contributed by atoms with Crippen LogP contribution in [0.3, 0.4) is 0 Å². The highest BCUT2D eigenvalue weighted by atomic mass is 16.6. The van der Waals surface area contributed by atoms with Gasteiger partial charge in [-0.25, -0.2) is 4.79 Å². The second-order valence-corrected chi connectivity index (χ2v) is 11.5. The molecule has 9 heteroatoms. The fourth-order valence-electron chi connectivity index (χ4n) is 5.96. The topological polar surface area (TPSA) is 109 Å². The first-order valence-corrected chi connectivity index (χ1v) is 12.5. The van der Waals surface area contributed by atoms with Gasteiger partial charge in [-0.2, -0.15) is 0 Å². The van der Waals surface area contributed by atoms with E-state index in [0.29, 0.717) is 19.5 Å². The van der Waals surface area contributed by atoms with Crippen LogP contribution in [0, 0.1) is 0 Å². The van der Waals surface area contributed by atoms with E-state index in [1.54, 1.807) is 9.80 Å². The second kappa shape index (κ2) is 7.29. The lowest BCUT2D eigenvalue weighted by atomic mass is 9.88. The van der Waals surface area contributed by atoms with Crippen molar-refractivity contribution in [3.63, 3.8) is 0 Å². The lowest BCUT2D eigenvalue weighted by Gasteiger charge is -2.32. The van der Waals surface area contributed by atoms with Gasteiger partial charge in [0.05, 0.1) is 5.41 Å². The monoisotopic (exact) mass is 481 g/mol. The minimum absolute atomic E-state index is 0.0313. The van der Waals surface area contributed by atoms with Crippen molar-refractivity contribution in [1.29, 1.82) is 0 Å². The van der Waals surface area contributed by atoms with Crippen molar-refractivity contribution < 1.29 is 28.7 Å². The number of hydrogen-bond acceptors (Lipinski definition) is 6. The molecule has 1 N–H and O–H groups in total. The molecule has 4 aliphatic heterocycles. The van der Waals surface area contributed by atoms with Gasteiger partial charge < -0.3 is 14.4 Å². The Balaban J connectivity index is 1.19. The summed E-state index contributed by atoms with van der Waals surface area (Å²) in [6.07, 6.45) is 3.24. The molecule has 2 unspecified atom stereocenters. The van der Waals surface area contributed by atoms with Crippen LogP contribution in [0.4, 0.5) is 10.5 Å². The van der Waals surface area contributed by atoms with Gasteiger partial charge in [0.1, 0.15) is 23.3 Å². The number of likely N-dealkylation sites (tertiary alicyclic amines) is 1. The summed E-state index contributed by atoms with van der Waals surface area (Å²) in [5.41, 5.74) is 1.44. The number of rotatable bonds is 2. The van der Waals surface area contributed by atoms with Crippen molar-refractivity contribution in [1.82, 2.24) is 10.2 Å². The SMILES string of the molecule is CC(C)(C)OC(=O)N1CCC2(CC1)OC2c1ccc2c(c1)C1(CC1)C(=O)N2C1CCC(=O)NC1=O. The van der Waals surface area contributed by atoms with Crippen LogP contribution in [0.5, 0.6) is 0 Å². The van der Waals surface area contributed by atoms with E-state index in [-0.39, 0.29) is 36.0 Å². The van der Waals surface area contributed by atoms with Crippen LogP contribution in [0.15, 0.2) is 18.2 Å². The number of nitrogens with zero attached hydrogens (tertiary/aromatic N) is 2. The van der Waals surface area contributed by atoms with Crippen LogP contribution in [-0.2, 0) is 29.3 Å². The molecular formula is C26H31N3O6. The van der Waals surface area contributed by atoms with Crippen LogP contribution in [-0.4, -0.2) is 59.0 Å². The molecule has 4 heterocycles. The molecule has 0 bridgehead atoms. The summed E-state index contributed by atoms with van der Waals surface area (Å²) in [7, 11) is 0. The molecule has 4 amide bonds. The standard InChI is InChI=1S/C26H31N3O6/c1-24(2,3)35-23(33)28-12-10-26(11-13-28)20(34-26)15-4-5-17-16(14-15)25(8-9-25)22(32)29(17)18-6-7-19(30)27-21(18)31/h4-5,14,18,20H,6-13H2,1-3H3,(H,27,30,31). The molecule has 0 radical (unpaired) electrons. The van der Waals surface area contributed by atoms with Gasteiger partial charge in [-0.3, -0.25) is 24.6 Å². The molecule has 1 aromatic carbocycles. The van der Waals surface area contributed by atoms with Crippen molar-refractivity contribution in [3.8, 4) is 0 Å². The Bertz CT molecular complexity index is 1140. The maximum Gasteiger partial charge on any atom is 0.410 e. The van der Waals surface area contributed by atoms with Crippen LogP contribution < -0.4 is 10.2 Å². The number of carbonyl (C=O) groups is 4. The summed E-state index contributed by atoms with van der Waals surface area (Å²) >= 11 is 0. The van der Waals surface area contributed by atoms with Gasteiger partial charge in [0.25, 0.3) is 0 Å². The number of imide groups is 1. The predicted octanol–water partition coefficient (Wildman–Crippen LogP) is 2.71. The maximum atomic E-state index is 13.4. The number of amides is 4. The van der Waals surface area contributed by atoms with Crippen LogP contribution in [0.2, 0.25) is 0 Å². The highest BCUT2D eigenvalue weighted by molar-refractivity contribution is 6.15. The lowest BCUT2D eigenvalue weighted by Crippen LogP contribution is -2.54. The van der Waals surface area contributed by atoms with Gasteiger partial charge >= 0.3 is 6.09 Å². The fraction of sp³-hybridized carbons (Fsp3) is 0.615. The van der Waals surface area contributed by atoms with Crippen LogP contribution >= 0.6 is 0 Å². The molecule has 2 atom stereocenters. The summed E-state index contributed by atoms with van der Waals surface area (Å²) < 4.78 is 11.7. The van der Waals surface area contributed by atoms with E-state index in [9.17, 15) is 19.2 Å². The number of epoxide rings is 1. The van der Waals surface area contributed by atoms with Crippen molar-refractivity contribution in [3.05, 3.63) is 29.3 Å². The van der Waals surface area contributed by atoms with Gasteiger partial charge in [0.2, 0.25) is 17.7 Å².